The molecule has 2 aromatic carbocycles. The van der Waals surface area contributed by atoms with Crippen LogP contribution in [0.15, 0.2) is 53.5 Å². The van der Waals surface area contributed by atoms with E-state index < -0.39 is 0 Å². The van der Waals surface area contributed by atoms with Crippen LogP contribution in [0.5, 0.6) is 11.5 Å². The molecule has 0 spiro atoms. The maximum Gasteiger partial charge on any atom is 0.191 e. The summed E-state index contributed by atoms with van der Waals surface area (Å²) in [4.78, 5) is 4.64. The molecule has 0 radical (unpaired) electrons. The number of para-hydroxylation sites is 1. The van der Waals surface area contributed by atoms with Crippen LogP contribution in [0.3, 0.4) is 0 Å². The average Bonchev–Trinajstić information content (AvgIpc) is 2.65. The Morgan fingerprint density at radius 3 is 2.44 bits per heavy atom. The summed E-state index contributed by atoms with van der Waals surface area (Å²) in [5.74, 6) is 2.54. The molecule has 5 nitrogen and oxygen atoms in total. The van der Waals surface area contributed by atoms with E-state index in [-0.39, 0.29) is 0 Å². The number of nitrogens with one attached hydrogen (secondary N) is 2. The van der Waals surface area contributed by atoms with Crippen molar-refractivity contribution in [1.82, 2.24) is 10.6 Å². The Morgan fingerprint density at radius 1 is 1.00 bits per heavy atom. The minimum absolute atomic E-state index is 0.604. The summed E-state index contributed by atoms with van der Waals surface area (Å²) in [5.41, 5.74) is 2.24. The summed E-state index contributed by atoms with van der Waals surface area (Å²) < 4.78 is 10.8. The summed E-state index contributed by atoms with van der Waals surface area (Å²) in [6.45, 7) is 6.77. The predicted octanol–water partition coefficient (Wildman–Crippen LogP) is 3.35. The van der Waals surface area contributed by atoms with Gasteiger partial charge in [-0.15, -0.1) is 0 Å². The number of rotatable bonds is 8. The van der Waals surface area contributed by atoms with Gasteiger partial charge in [-0.1, -0.05) is 30.3 Å². The van der Waals surface area contributed by atoms with Gasteiger partial charge in [0.1, 0.15) is 11.5 Å². The first-order valence-electron chi connectivity index (χ1n) is 8.62. The highest BCUT2D eigenvalue weighted by Gasteiger charge is 2.04. The number of aliphatic imine (C=N–C) groups is 1. The third-order valence-electron chi connectivity index (χ3n) is 3.64. The lowest BCUT2D eigenvalue weighted by molar-refractivity contribution is 0.336. The molecule has 25 heavy (non-hydrogen) atoms. The van der Waals surface area contributed by atoms with Crippen LogP contribution in [0.2, 0.25) is 0 Å². The zero-order valence-electron chi connectivity index (χ0n) is 15.2. The maximum absolute atomic E-state index is 5.67. The third-order valence-corrected chi connectivity index (χ3v) is 3.64. The van der Waals surface area contributed by atoms with Crippen molar-refractivity contribution < 1.29 is 9.47 Å². The van der Waals surface area contributed by atoms with Gasteiger partial charge < -0.3 is 20.1 Å². The van der Waals surface area contributed by atoms with E-state index in [2.05, 4.69) is 28.6 Å². The largest absolute Gasteiger partial charge is 0.497 e. The van der Waals surface area contributed by atoms with Crippen LogP contribution in [0.4, 0.5) is 0 Å². The molecule has 0 aromatic heterocycles. The minimum Gasteiger partial charge on any atom is -0.497 e. The van der Waals surface area contributed by atoms with Gasteiger partial charge in [0.2, 0.25) is 0 Å². The number of methoxy groups -OCH3 is 1. The van der Waals surface area contributed by atoms with E-state index in [1.54, 1.807) is 7.11 Å². The quantitative estimate of drug-likeness (QED) is 0.571. The van der Waals surface area contributed by atoms with Gasteiger partial charge in [-0.25, -0.2) is 4.99 Å². The second kappa shape index (κ2) is 10.2. The minimum atomic E-state index is 0.604. The van der Waals surface area contributed by atoms with Gasteiger partial charge in [-0.2, -0.15) is 0 Å². The fraction of sp³-hybridized carbons (Fsp3) is 0.350. The van der Waals surface area contributed by atoms with E-state index in [0.29, 0.717) is 19.7 Å². The van der Waals surface area contributed by atoms with Crippen LogP contribution in [-0.2, 0) is 13.1 Å². The molecule has 0 aliphatic rings. The van der Waals surface area contributed by atoms with E-state index in [1.165, 1.54) is 0 Å². The van der Waals surface area contributed by atoms with Crippen molar-refractivity contribution in [3.05, 3.63) is 59.7 Å². The van der Waals surface area contributed by atoms with Crippen molar-refractivity contribution in [2.45, 2.75) is 26.9 Å². The topological polar surface area (TPSA) is 54.9 Å². The molecule has 2 N–H and O–H groups in total. The van der Waals surface area contributed by atoms with E-state index >= 15 is 0 Å². The van der Waals surface area contributed by atoms with Gasteiger partial charge in [0.05, 0.1) is 20.3 Å². The molecule has 0 saturated carbocycles. The Morgan fingerprint density at radius 2 is 1.76 bits per heavy atom. The van der Waals surface area contributed by atoms with E-state index in [0.717, 1.165) is 35.1 Å². The van der Waals surface area contributed by atoms with Crippen molar-refractivity contribution in [3.8, 4) is 11.5 Å². The normalized spacial score (nSPS) is 11.1. The van der Waals surface area contributed by atoms with Crippen molar-refractivity contribution in [2.75, 3.05) is 20.3 Å². The highest BCUT2D eigenvalue weighted by molar-refractivity contribution is 5.79. The first-order valence-corrected chi connectivity index (χ1v) is 8.62. The highest BCUT2D eigenvalue weighted by atomic mass is 16.5. The molecule has 0 aliphatic carbocycles. The molecule has 2 rings (SSSR count). The van der Waals surface area contributed by atoms with Crippen molar-refractivity contribution in [2.24, 2.45) is 4.99 Å². The van der Waals surface area contributed by atoms with Crippen LogP contribution >= 0.6 is 0 Å². The second-order valence-electron chi connectivity index (χ2n) is 5.44. The number of benzene rings is 2. The first-order chi connectivity index (χ1) is 12.3. The molecule has 5 heteroatoms. The monoisotopic (exact) mass is 341 g/mol. The molecule has 0 fully saturated rings. The summed E-state index contributed by atoms with van der Waals surface area (Å²) in [5, 5.41) is 6.63. The van der Waals surface area contributed by atoms with Crippen molar-refractivity contribution >= 4 is 5.96 Å². The van der Waals surface area contributed by atoms with Gasteiger partial charge >= 0.3 is 0 Å². The Labute approximate surface area is 150 Å². The molecule has 134 valence electrons. The summed E-state index contributed by atoms with van der Waals surface area (Å²) >= 11 is 0. The lowest BCUT2D eigenvalue weighted by atomic mass is 10.2. The van der Waals surface area contributed by atoms with Gasteiger partial charge in [0.15, 0.2) is 5.96 Å². The molecule has 0 bridgehead atoms. The first kappa shape index (κ1) is 18.6. The van der Waals surface area contributed by atoms with Gasteiger partial charge in [-0.3, -0.25) is 0 Å². The highest BCUT2D eigenvalue weighted by Crippen LogP contribution is 2.17. The smallest absolute Gasteiger partial charge is 0.191 e. The molecular weight excluding hydrogens is 314 g/mol. The molecular formula is C20H27N3O2. The van der Waals surface area contributed by atoms with Crippen LogP contribution in [0.25, 0.3) is 0 Å². The Balaban J connectivity index is 1.99. The third kappa shape index (κ3) is 6.03. The van der Waals surface area contributed by atoms with Gasteiger partial charge in [0, 0.05) is 18.7 Å². The lowest BCUT2D eigenvalue weighted by Crippen LogP contribution is -2.36. The molecule has 0 heterocycles. The van der Waals surface area contributed by atoms with Crippen molar-refractivity contribution in [1.29, 1.82) is 0 Å². The number of hydrogen-bond donors (Lipinski definition) is 2. The molecule has 0 atom stereocenters. The SMILES string of the molecule is CCNC(=NCc1ccc(OC)cc1)NCc1ccccc1OCC. The fourth-order valence-corrected chi connectivity index (χ4v) is 2.37. The van der Waals surface area contributed by atoms with Gasteiger partial charge in [0.25, 0.3) is 0 Å². The molecule has 0 amide bonds. The fourth-order valence-electron chi connectivity index (χ4n) is 2.37. The van der Waals surface area contributed by atoms with Crippen molar-refractivity contribution in [3.63, 3.8) is 0 Å². The molecule has 2 aromatic rings. The predicted molar refractivity (Wildman–Crippen MR) is 102 cm³/mol. The van der Waals surface area contributed by atoms with E-state index in [1.807, 2.05) is 49.4 Å². The number of guanidine groups is 1. The molecule has 0 saturated heterocycles. The molecule has 0 unspecified atom stereocenters. The van der Waals surface area contributed by atoms with Crippen LogP contribution in [-0.4, -0.2) is 26.2 Å². The summed E-state index contributed by atoms with van der Waals surface area (Å²) in [6.07, 6.45) is 0. The van der Waals surface area contributed by atoms with E-state index in [4.69, 9.17) is 9.47 Å². The van der Waals surface area contributed by atoms with E-state index in [9.17, 15) is 0 Å². The molecule has 0 aliphatic heterocycles. The maximum atomic E-state index is 5.67. The Hall–Kier alpha value is -2.69. The Kier molecular flexibility index (Phi) is 7.63. The number of nitrogens with zero attached hydrogens (tertiary/aromatic N) is 1. The average molecular weight is 341 g/mol. The summed E-state index contributed by atoms with van der Waals surface area (Å²) in [6, 6.07) is 16.0. The number of hydrogen-bond acceptors (Lipinski definition) is 3. The summed E-state index contributed by atoms with van der Waals surface area (Å²) in [7, 11) is 1.67. The van der Waals surface area contributed by atoms with Crippen LogP contribution in [0, 0.1) is 0 Å². The van der Waals surface area contributed by atoms with Crippen LogP contribution < -0.4 is 20.1 Å². The number of ether oxygens (including phenoxy) is 2. The van der Waals surface area contributed by atoms with Gasteiger partial charge in [-0.05, 0) is 37.6 Å². The standard InChI is InChI=1S/C20H27N3O2/c1-4-21-20(22-14-16-10-12-18(24-3)13-11-16)23-15-17-8-6-7-9-19(17)25-5-2/h6-13H,4-5,14-15H2,1-3H3,(H2,21,22,23). The zero-order valence-corrected chi connectivity index (χ0v) is 15.2. The Bertz CT molecular complexity index is 669. The second-order valence-corrected chi connectivity index (χ2v) is 5.44. The lowest BCUT2D eigenvalue weighted by Gasteiger charge is -2.14. The van der Waals surface area contributed by atoms with Crippen LogP contribution in [0.1, 0.15) is 25.0 Å². The zero-order chi connectivity index (χ0) is 17.9.